The molecule has 0 aliphatic carbocycles. The summed E-state index contributed by atoms with van der Waals surface area (Å²) in [6, 6.07) is 0. The van der Waals surface area contributed by atoms with Crippen LogP contribution in [0.25, 0.3) is 0 Å². The molecule has 1 unspecified atom stereocenters. The van der Waals surface area contributed by atoms with Gasteiger partial charge in [-0.2, -0.15) is 5.10 Å². The molecule has 0 spiro atoms. The van der Waals surface area contributed by atoms with Crippen LogP contribution in [-0.4, -0.2) is 21.8 Å². The second-order valence-electron chi connectivity index (χ2n) is 2.90. The molecule has 1 heterocycles. The summed E-state index contributed by atoms with van der Waals surface area (Å²) in [6.45, 7) is 2.52. The van der Waals surface area contributed by atoms with Gasteiger partial charge in [0.15, 0.2) is 0 Å². The molecular weight excluding hydrogens is 154 g/mol. The lowest BCUT2D eigenvalue weighted by molar-refractivity contribution is 0.165. The second-order valence-corrected chi connectivity index (χ2v) is 2.90. The molecule has 1 atom stereocenters. The van der Waals surface area contributed by atoms with E-state index in [0.717, 1.165) is 17.7 Å². The Kier molecular flexibility index (Phi) is 3.25. The molecule has 0 aromatic carbocycles. The van der Waals surface area contributed by atoms with Crippen molar-refractivity contribution in [1.82, 2.24) is 10.2 Å². The van der Waals surface area contributed by atoms with Crippen molar-refractivity contribution in [3.05, 3.63) is 17.5 Å². The maximum absolute atomic E-state index is 9.61. The first kappa shape index (κ1) is 9.22. The average molecular weight is 169 g/mol. The summed E-state index contributed by atoms with van der Waals surface area (Å²) in [5.74, 6) is 0. The van der Waals surface area contributed by atoms with Crippen LogP contribution < -0.4 is 5.73 Å². The third kappa shape index (κ3) is 2.06. The number of hydrogen-bond donors (Lipinski definition) is 3. The Balaban J connectivity index is 2.52. The zero-order valence-corrected chi connectivity index (χ0v) is 7.25. The molecule has 12 heavy (non-hydrogen) atoms. The lowest BCUT2D eigenvalue weighted by atomic mass is 10.1. The van der Waals surface area contributed by atoms with E-state index >= 15 is 0 Å². The molecular formula is C8H15N3O. The zero-order valence-electron chi connectivity index (χ0n) is 7.25. The van der Waals surface area contributed by atoms with Crippen LogP contribution >= 0.6 is 0 Å². The highest BCUT2D eigenvalue weighted by molar-refractivity contribution is 5.17. The molecule has 1 aromatic heterocycles. The molecule has 0 aliphatic rings. The molecule has 0 aliphatic heterocycles. The number of nitrogens with zero attached hydrogens (tertiary/aromatic N) is 1. The van der Waals surface area contributed by atoms with Crippen molar-refractivity contribution in [3.8, 4) is 0 Å². The molecule has 4 N–H and O–H groups in total. The summed E-state index contributed by atoms with van der Waals surface area (Å²) < 4.78 is 0. The summed E-state index contributed by atoms with van der Waals surface area (Å²) in [7, 11) is 0. The van der Waals surface area contributed by atoms with Gasteiger partial charge in [0.25, 0.3) is 0 Å². The monoisotopic (exact) mass is 169 g/mol. The van der Waals surface area contributed by atoms with Crippen molar-refractivity contribution in [3.63, 3.8) is 0 Å². The van der Waals surface area contributed by atoms with Gasteiger partial charge in [-0.25, -0.2) is 0 Å². The minimum Gasteiger partial charge on any atom is -0.388 e. The molecule has 0 amide bonds. The van der Waals surface area contributed by atoms with E-state index < -0.39 is 6.10 Å². The van der Waals surface area contributed by atoms with E-state index in [0.29, 0.717) is 13.0 Å². The highest BCUT2D eigenvalue weighted by Gasteiger charge is 2.10. The summed E-state index contributed by atoms with van der Waals surface area (Å²) >= 11 is 0. The molecule has 1 aromatic rings. The van der Waals surface area contributed by atoms with Crippen LogP contribution in [0.1, 0.15) is 30.2 Å². The largest absolute Gasteiger partial charge is 0.388 e. The number of H-pyrrole nitrogens is 1. The number of aryl methyl sites for hydroxylation is 1. The first-order valence-corrected chi connectivity index (χ1v) is 4.13. The maximum Gasteiger partial charge on any atom is 0.0823 e. The van der Waals surface area contributed by atoms with Crippen LogP contribution in [0.15, 0.2) is 6.20 Å². The van der Waals surface area contributed by atoms with Crippen molar-refractivity contribution >= 4 is 0 Å². The van der Waals surface area contributed by atoms with Crippen LogP contribution in [0.5, 0.6) is 0 Å². The van der Waals surface area contributed by atoms with Gasteiger partial charge in [0.1, 0.15) is 0 Å². The van der Waals surface area contributed by atoms with Gasteiger partial charge in [0.2, 0.25) is 0 Å². The third-order valence-electron chi connectivity index (χ3n) is 1.91. The Morgan fingerprint density at radius 1 is 1.75 bits per heavy atom. The van der Waals surface area contributed by atoms with Crippen LogP contribution in [0.3, 0.4) is 0 Å². The quantitative estimate of drug-likeness (QED) is 0.614. The normalized spacial score (nSPS) is 13.2. The van der Waals surface area contributed by atoms with E-state index in [1.807, 2.05) is 6.92 Å². The molecule has 1 rings (SSSR count). The number of hydrogen-bond acceptors (Lipinski definition) is 3. The number of aromatic nitrogens is 2. The van der Waals surface area contributed by atoms with Gasteiger partial charge in [-0.1, -0.05) is 0 Å². The standard InChI is InChI=1S/C8H15N3O/c1-6-7(5-10-11-6)8(12)3-2-4-9/h5,8,12H,2-4,9H2,1H3,(H,10,11). The molecule has 0 bridgehead atoms. The van der Waals surface area contributed by atoms with Gasteiger partial charge in [0, 0.05) is 11.3 Å². The van der Waals surface area contributed by atoms with Crippen LogP contribution in [0, 0.1) is 6.92 Å². The van der Waals surface area contributed by atoms with Gasteiger partial charge < -0.3 is 10.8 Å². The first-order chi connectivity index (χ1) is 5.75. The van der Waals surface area contributed by atoms with Gasteiger partial charge in [0.05, 0.1) is 12.3 Å². The first-order valence-electron chi connectivity index (χ1n) is 4.13. The highest BCUT2D eigenvalue weighted by Crippen LogP contribution is 2.19. The fourth-order valence-corrected chi connectivity index (χ4v) is 1.16. The SMILES string of the molecule is Cc1[nH]ncc1C(O)CCCN. The molecule has 4 heteroatoms. The maximum atomic E-state index is 9.61. The fraction of sp³-hybridized carbons (Fsp3) is 0.625. The zero-order chi connectivity index (χ0) is 8.97. The molecule has 0 saturated carbocycles. The number of nitrogens with two attached hydrogens (primary N) is 1. The van der Waals surface area contributed by atoms with Crippen molar-refractivity contribution in [2.45, 2.75) is 25.9 Å². The van der Waals surface area contributed by atoms with Crippen molar-refractivity contribution in [1.29, 1.82) is 0 Å². The van der Waals surface area contributed by atoms with Gasteiger partial charge in [-0.3, -0.25) is 5.10 Å². The lowest BCUT2D eigenvalue weighted by Gasteiger charge is -2.07. The van der Waals surface area contributed by atoms with Crippen LogP contribution in [0.2, 0.25) is 0 Å². The van der Waals surface area contributed by atoms with E-state index in [1.54, 1.807) is 6.20 Å². The van der Waals surface area contributed by atoms with E-state index in [9.17, 15) is 5.11 Å². The van der Waals surface area contributed by atoms with Crippen LogP contribution in [-0.2, 0) is 0 Å². The van der Waals surface area contributed by atoms with E-state index in [-0.39, 0.29) is 0 Å². The second kappa shape index (κ2) is 4.23. The summed E-state index contributed by atoms with van der Waals surface area (Å²) in [5, 5.41) is 16.2. The molecule has 68 valence electrons. The van der Waals surface area contributed by atoms with Crippen molar-refractivity contribution in [2.24, 2.45) is 5.73 Å². The average Bonchev–Trinajstić information content (AvgIpc) is 2.47. The minimum absolute atomic E-state index is 0.424. The summed E-state index contributed by atoms with van der Waals surface area (Å²) in [6.07, 6.45) is 2.78. The summed E-state index contributed by atoms with van der Waals surface area (Å²) in [5.41, 5.74) is 7.14. The lowest BCUT2D eigenvalue weighted by Crippen LogP contribution is -2.04. The number of aliphatic hydroxyl groups is 1. The van der Waals surface area contributed by atoms with E-state index in [2.05, 4.69) is 10.2 Å². The number of aromatic amines is 1. The molecule has 0 saturated heterocycles. The molecule has 0 fully saturated rings. The smallest absolute Gasteiger partial charge is 0.0823 e. The molecule has 0 radical (unpaired) electrons. The third-order valence-corrected chi connectivity index (χ3v) is 1.91. The van der Waals surface area contributed by atoms with E-state index in [4.69, 9.17) is 5.73 Å². The minimum atomic E-state index is -0.424. The Morgan fingerprint density at radius 3 is 3.00 bits per heavy atom. The topological polar surface area (TPSA) is 74.9 Å². The molecule has 4 nitrogen and oxygen atoms in total. The Bertz CT molecular complexity index is 234. The van der Waals surface area contributed by atoms with Gasteiger partial charge >= 0.3 is 0 Å². The fourth-order valence-electron chi connectivity index (χ4n) is 1.16. The Hall–Kier alpha value is -0.870. The van der Waals surface area contributed by atoms with Gasteiger partial charge in [-0.05, 0) is 26.3 Å². The predicted octanol–water partition coefficient (Wildman–Crippen LogP) is 0.490. The number of nitrogens with one attached hydrogen (secondary N) is 1. The predicted molar refractivity (Wildman–Crippen MR) is 46.6 cm³/mol. The highest BCUT2D eigenvalue weighted by atomic mass is 16.3. The Labute approximate surface area is 71.8 Å². The Morgan fingerprint density at radius 2 is 2.50 bits per heavy atom. The summed E-state index contributed by atoms with van der Waals surface area (Å²) in [4.78, 5) is 0. The number of aliphatic hydroxyl groups excluding tert-OH is 1. The van der Waals surface area contributed by atoms with E-state index in [1.165, 1.54) is 0 Å². The van der Waals surface area contributed by atoms with Gasteiger partial charge in [-0.15, -0.1) is 0 Å². The number of rotatable bonds is 4. The van der Waals surface area contributed by atoms with Crippen LogP contribution in [0.4, 0.5) is 0 Å². The van der Waals surface area contributed by atoms with Crippen molar-refractivity contribution in [2.75, 3.05) is 6.54 Å². The van der Waals surface area contributed by atoms with Crippen molar-refractivity contribution < 1.29 is 5.11 Å².